The van der Waals surface area contributed by atoms with Gasteiger partial charge in [-0.2, -0.15) is 0 Å². The molecule has 0 spiro atoms. The molecule has 1 saturated heterocycles. The second kappa shape index (κ2) is 4.15. The van der Waals surface area contributed by atoms with Gasteiger partial charge >= 0.3 is 0 Å². The number of aryl methyl sites for hydroxylation is 1. The van der Waals surface area contributed by atoms with Gasteiger partial charge in [0.25, 0.3) is 0 Å². The first-order valence-corrected chi connectivity index (χ1v) is 5.60. The first-order valence-electron chi connectivity index (χ1n) is 5.60. The molecule has 0 aliphatic carbocycles. The van der Waals surface area contributed by atoms with Crippen LogP contribution in [0, 0.1) is 12.7 Å². The molecule has 1 fully saturated rings. The second-order valence-electron chi connectivity index (χ2n) is 4.73. The lowest BCUT2D eigenvalue weighted by Crippen LogP contribution is -2.32. The molecule has 1 N–H and O–H groups in total. The Morgan fingerprint density at radius 1 is 1.44 bits per heavy atom. The Bertz CT molecular complexity index is 363. The molecule has 2 rings (SSSR count). The lowest BCUT2D eigenvalue weighted by Gasteiger charge is -2.29. The van der Waals surface area contributed by atoms with Crippen molar-refractivity contribution in [2.24, 2.45) is 0 Å². The molecular weight excluding hydrogens is 207 g/mol. The van der Waals surface area contributed by atoms with E-state index in [1.165, 1.54) is 12.1 Å². The summed E-state index contributed by atoms with van der Waals surface area (Å²) in [5.74, 6) is -0.310. The Labute approximate surface area is 95.1 Å². The maximum atomic E-state index is 13.2. The first-order chi connectivity index (χ1) is 7.51. The molecule has 1 heterocycles. The summed E-state index contributed by atoms with van der Waals surface area (Å²) in [6.07, 6.45) is 0.996. The minimum Gasteiger partial charge on any atom is -0.385 e. The monoisotopic (exact) mass is 224 g/mol. The molecule has 16 heavy (non-hydrogen) atoms. The molecule has 1 aliphatic rings. The van der Waals surface area contributed by atoms with Gasteiger partial charge in [0.2, 0.25) is 0 Å². The quantitative estimate of drug-likeness (QED) is 0.837. The average molecular weight is 224 g/mol. The van der Waals surface area contributed by atoms with Crippen LogP contribution in [-0.2, 0) is 4.74 Å². The minimum atomic E-state index is -0.760. The number of benzene rings is 1. The predicted octanol–water partition coefficient (Wildman–Crippen LogP) is 2.74. The van der Waals surface area contributed by atoms with Crippen LogP contribution in [0.25, 0.3) is 0 Å². The minimum absolute atomic E-state index is 0.310. The van der Waals surface area contributed by atoms with Crippen LogP contribution in [0.1, 0.15) is 37.0 Å². The van der Waals surface area contributed by atoms with Crippen LogP contribution in [0.4, 0.5) is 4.39 Å². The van der Waals surface area contributed by atoms with Gasteiger partial charge in [0, 0.05) is 6.61 Å². The van der Waals surface area contributed by atoms with Crippen molar-refractivity contribution in [3.8, 4) is 0 Å². The zero-order valence-electron chi connectivity index (χ0n) is 9.66. The fourth-order valence-corrected chi connectivity index (χ4v) is 2.29. The summed E-state index contributed by atoms with van der Waals surface area (Å²) in [6.45, 7) is 4.36. The topological polar surface area (TPSA) is 29.5 Å². The maximum Gasteiger partial charge on any atom is 0.123 e. The molecular formula is C13H17FO2. The van der Waals surface area contributed by atoms with Crippen LogP contribution >= 0.6 is 0 Å². The van der Waals surface area contributed by atoms with Crippen LogP contribution in [0.15, 0.2) is 18.2 Å². The van der Waals surface area contributed by atoms with Crippen LogP contribution in [0.2, 0.25) is 0 Å². The van der Waals surface area contributed by atoms with Crippen molar-refractivity contribution in [3.63, 3.8) is 0 Å². The number of ether oxygens (including phenoxy) is 1. The normalized spacial score (nSPS) is 27.0. The predicted molar refractivity (Wildman–Crippen MR) is 59.7 cm³/mol. The van der Waals surface area contributed by atoms with E-state index in [0.29, 0.717) is 12.2 Å². The summed E-state index contributed by atoms with van der Waals surface area (Å²) in [6, 6.07) is 4.64. The second-order valence-corrected chi connectivity index (χ2v) is 4.73. The molecule has 88 valence electrons. The van der Waals surface area contributed by atoms with Gasteiger partial charge in [-0.1, -0.05) is 6.07 Å². The molecule has 0 bridgehead atoms. The van der Waals surface area contributed by atoms with Gasteiger partial charge in [-0.25, -0.2) is 4.39 Å². The van der Waals surface area contributed by atoms with E-state index in [0.717, 1.165) is 18.4 Å². The number of aliphatic hydroxyl groups is 1. The number of rotatable bonds is 2. The van der Waals surface area contributed by atoms with Crippen molar-refractivity contribution >= 4 is 0 Å². The smallest absolute Gasteiger partial charge is 0.123 e. The Balaban J connectivity index is 2.29. The van der Waals surface area contributed by atoms with Crippen molar-refractivity contribution in [2.75, 3.05) is 6.61 Å². The van der Waals surface area contributed by atoms with E-state index in [4.69, 9.17) is 4.74 Å². The highest BCUT2D eigenvalue weighted by molar-refractivity contribution is 5.27. The molecule has 3 heteroatoms. The Morgan fingerprint density at radius 3 is 2.75 bits per heavy atom. The fourth-order valence-electron chi connectivity index (χ4n) is 2.29. The standard InChI is InChI=1S/C13H17FO2/c1-9-6-10(8-11(14)7-9)12(15)13(2)4-3-5-16-13/h6-8,12,15H,3-5H2,1-2H3. The summed E-state index contributed by atoms with van der Waals surface area (Å²) in [7, 11) is 0. The van der Waals surface area contributed by atoms with Gasteiger partial charge in [-0.15, -0.1) is 0 Å². The van der Waals surface area contributed by atoms with E-state index < -0.39 is 11.7 Å². The van der Waals surface area contributed by atoms with E-state index in [-0.39, 0.29) is 5.82 Å². The van der Waals surface area contributed by atoms with E-state index >= 15 is 0 Å². The largest absolute Gasteiger partial charge is 0.385 e. The fraction of sp³-hybridized carbons (Fsp3) is 0.538. The highest BCUT2D eigenvalue weighted by Gasteiger charge is 2.38. The van der Waals surface area contributed by atoms with Gasteiger partial charge < -0.3 is 9.84 Å². The van der Waals surface area contributed by atoms with E-state index in [1.807, 2.05) is 13.8 Å². The first kappa shape index (κ1) is 11.6. The Kier molecular flexibility index (Phi) is 3.00. The number of hydrogen-bond acceptors (Lipinski definition) is 2. The molecule has 2 unspecified atom stereocenters. The third-order valence-electron chi connectivity index (χ3n) is 3.21. The summed E-state index contributed by atoms with van der Waals surface area (Å²) >= 11 is 0. The zero-order chi connectivity index (χ0) is 11.8. The third kappa shape index (κ3) is 2.11. The SMILES string of the molecule is Cc1cc(F)cc(C(O)C2(C)CCCO2)c1. The van der Waals surface area contributed by atoms with Crippen LogP contribution in [0.3, 0.4) is 0 Å². The number of halogens is 1. The molecule has 0 aromatic heterocycles. The molecule has 1 aliphatic heterocycles. The van der Waals surface area contributed by atoms with Gasteiger partial charge in [0.1, 0.15) is 11.9 Å². The van der Waals surface area contributed by atoms with Gasteiger partial charge in [-0.05, 0) is 49.9 Å². The van der Waals surface area contributed by atoms with Crippen molar-refractivity contribution in [2.45, 2.75) is 38.4 Å². The highest BCUT2D eigenvalue weighted by atomic mass is 19.1. The molecule has 0 radical (unpaired) electrons. The van der Waals surface area contributed by atoms with Crippen molar-refractivity contribution in [1.29, 1.82) is 0 Å². The van der Waals surface area contributed by atoms with E-state index in [2.05, 4.69) is 0 Å². The van der Waals surface area contributed by atoms with E-state index in [1.54, 1.807) is 6.07 Å². The molecule has 0 saturated carbocycles. The molecule has 2 nitrogen and oxygen atoms in total. The van der Waals surface area contributed by atoms with Gasteiger partial charge in [0.15, 0.2) is 0 Å². The van der Waals surface area contributed by atoms with Crippen LogP contribution in [-0.4, -0.2) is 17.3 Å². The van der Waals surface area contributed by atoms with Crippen molar-refractivity contribution in [3.05, 3.63) is 35.1 Å². The number of hydrogen-bond donors (Lipinski definition) is 1. The maximum absolute atomic E-state index is 13.2. The van der Waals surface area contributed by atoms with Crippen LogP contribution < -0.4 is 0 Å². The summed E-state index contributed by atoms with van der Waals surface area (Å²) < 4.78 is 18.8. The lowest BCUT2D eigenvalue weighted by atomic mass is 9.89. The summed E-state index contributed by atoms with van der Waals surface area (Å²) in [4.78, 5) is 0. The van der Waals surface area contributed by atoms with Crippen molar-refractivity contribution in [1.82, 2.24) is 0 Å². The zero-order valence-corrected chi connectivity index (χ0v) is 9.66. The lowest BCUT2D eigenvalue weighted by molar-refractivity contribution is -0.0797. The van der Waals surface area contributed by atoms with E-state index in [9.17, 15) is 9.50 Å². The van der Waals surface area contributed by atoms with Crippen molar-refractivity contribution < 1.29 is 14.2 Å². The van der Waals surface area contributed by atoms with Gasteiger partial charge in [-0.3, -0.25) is 0 Å². The summed E-state index contributed by atoms with van der Waals surface area (Å²) in [5, 5.41) is 10.2. The Hall–Kier alpha value is -0.930. The average Bonchev–Trinajstić information content (AvgIpc) is 2.64. The van der Waals surface area contributed by atoms with Crippen LogP contribution in [0.5, 0.6) is 0 Å². The highest BCUT2D eigenvalue weighted by Crippen LogP contribution is 2.37. The Morgan fingerprint density at radius 2 is 2.19 bits per heavy atom. The molecule has 1 aromatic carbocycles. The van der Waals surface area contributed by atoms with Gasteiger partial charge in [0.05, 0.1) is 5.60 Å². The molecule has 1 aromatic rings. The third-order valence-corrected chi connectivity index (χ3v) is 3.21. The molecule has 2 atom stereocenters. The summed E-state index contributed by atoms with van der Waals surface area (Å²) in [5.41, 5.74) is 0.845. The molecule has 0 amide bonds. The number of aliphatic hydroxyl groups excluding tert-OH is 1.